The second-order valence-electron chi connectivity index (χ2n) is 5.78. The van der Waals surface area contributed by atoms with Gasteiger partial charge in [-0.05, 0) is 31.2 Å². The molecule has 0 heterocycles. The molecule has 4 nitrogen and oxygen atoms in total. The molecule has 0 saturated heterocycles. The number of carbonyl (C=O) groups excluding carboxylic acids is 1. The summed E-state index contributed by atoms with van der Waals surface area (Å²) in [5.41, 5.74) is 1.54. The predicted molar refractivity (Wildman–Crippen MR) is 88.4 cm³/mol. The molecule has 2 rings (SSSR count). The smallest absolute Gasteiger partial charge is 0.406 e. The van der Waals surface area contributed by atoms with Crippen LogP contribution in [0.2, 0.25) is 0 Å². The molecule has 7 heteroatoms. The van der Waals surface area contributed by atoms with Gasteiger partial charge in [0.25, 0.3) is 5.91 Å². The molecule has 0 aromatic heterocycles. The predicted octanol–water partition coefficient (Wildman–Crippen LogP) is 2.80. The van der Waals surface area contributed by atoms with Crippen LogP contribution in [0.4, 0.5) is 18.9 Å². The van der Waals surface area contributed by atoms with Crippen LogP contribution in [0.1, 0.15) is 18.5 Å². The van der Waals surface area contributed by atoms with Gasteiger partial charge in [0.05, 0.1) is 7.05 Å². The number of anilines is 1. The quantitative estimate of drug-likeness (QED) is 0.839. The third-order valence-electron chi connectivity index (χ3n) is 3.85. The third-order valence-corrected chi connectivity index (χ3v) is 3.85. The van der Waals surface area contributed by atoms with Gasteiger partial charge in [0.1, 0.15) is 11.8 Å². The number of amides is 1. The van der Waals surface area contributed by atoms with E-state index in [1.165, 1.54) is 12.1 Å². The topological polar surface area (TPSA) is 42.8 Å². The van der Waals surface area contributed by atoms with Crippen LogP contribution in [0.5, 0.6) is 5.75 Å². The van der Waals surface area contributed by atoms with Gasteiger partial charge in [0.15, 0.2) is 6.54 Å². The highest BCUT2D eigenvalue weighted by Gasteiger charge is 2.31. The number of carbonyl (C=O) groups is 1. The number of alkyl halides is 3. The maximum Gasteiger partial charge on any atom is 0.573 e. The maximum atomic E-state index is 12.1. The number of rotatable bonds is 6. The standard InChI is InChI=1S/C18H19F3N2O2/c1-13(14-6-4-3-5-7-14)23(2)12-17(24)22-15-8-10-16(11-9-15)25-18(19,20)21/h3-11,13H,12H2,1-2H3,(H,22,24)/p+1/t13-/m1/s1. The first-order chi connectivity index (χ1) is 11.7. The molecule has 134 valence electrons. The Labute approximate surface area is 144 Å². The minimum atomic E-state index is -4.73. The van der Waals surface area contributed by atoms with Gasteiger partial charge in [-0.25, -0.2) is 0 Å². The Morgan fingerprint density at radius 2 is 1.72 bits per heavy atom. The van der Waals surface area contributed by atoms with Crippen molar-refractivity contribution in [2.45, 2.75) is 19.3 Å². The van der Waals surface area contributed by atoms with E-state index in [1.54, 1.807) is 0 Å². The summed E-state index contributed by atoms with van der Waals surface area (Å²) in [6, 6.07) is 15.0. The van der Waals surface area contributed by atoms with E-state index in [1.807, 2.05) is 44.3 Å². The Kier molecular flexibility index (Phi) is 6.03. The highest BCUT2D eigenvalue weighted by Crippen LogP contribution is 2.23. The van der Waals surface area contributed by atoms with Crippen LogP contribution in [-0.4, -0.2) is 25.9 Å². The number of hydrogen-bond acceptors (Lipinski definition) is 2. The second kappa shape index (κ2) is 8.02. The van der Waals surface area contributed by atoms with Crippen LogP contribution in [0.15, 0.2) is 54.6 Å². The van der Waals surface area contributed by atoms with Crippen molar-refractivity contribution in [3.8, 4) is 5.75 Å². The number of nitrogens with one attached hydrogen (secondary N) is 2. The zero-order chi connectivity index (χ0) is 18.4. The summed E-state index contributed by atoms with van der Waals surface area (Å²) < 4.78 is 40.1. The number of quaternary nitrogens is 1. The summed E-state index contributed by atoms with van der Waals surface area (Å²) in [5, 5.41) is 2.67. The van der Waals surface area contributed by atoms with Crippen LogP contribution in [-0.2, 0) is 4.79 Å². The summed E-state index contributed by atoms with van der Waals surface area (Å²) in [6.07, 6.45) is -4.73. The number of likely N-dealkylation sites (N-methyl/N-ethyl adjacent to an activating group) is 1. The zero-order valence-corrected chi connectivity index (χ0v) is 13.9. The van der Waals surface area contributed by atoms with Gasteiger partial charge in [-0.2, -0.15) is 0 Å². The summed E-state index contributed by atoms with van der Waals surface area (Å²) >= 11 is 0. The number of ether oxygens (including phenoxy) is 1. The molecule has 0 aliphatic heterocycles. The van der Waals surface area contributed by atoms with E-state index in [0.29, 0.717) is 5.69 Å². The van der Waals surface area contributed by atoms with Crippen LogP contribution in [0, 0.1) is 0 Å². The minimum Gasteiger partial charge on any atom is -0.406 e. The van der Waals surface area contributed by atoms with Gasteiger partial charge < -0.3 is 15.0 Å². The van der Waals surface area contributed by atoms with Crippen LogP contribution < -0.4 is 15.0 Å². The first kappa shape index (κ1) is 18.8. The van der Waals surface area contributed by atoms with E-state index in [2.05, 4.69) is 10.1 Å². The molecule has 0 aliphatic rings. The van der Waals surface area contributed by atoms with Gasteiger partial charge in [-0.1, -0.05) is 30.3 Å². The summed E-state index contributed by atoms with van der Waals surface area (Å²) in [4.78, 5) is 13.1. The third kappa shape index (κ3) is 6.11. The molecule has 2 aromatic rings. The number of halogens is 3. The van der Waals surface area contributed by atoms with Crippen molar-refractivity contribution in [1.82, 2.24) is 0 Å². The van der Waals surface area contributed by atoms with E-state index < -0.39 is 6.36 Å². The normalized spacial score (nSPS) is 13.8. The lowest BCUT2D eigenvalue weighted by Crippen LogP contribution is -3.10. The summed E-state index contributed by atoms with van der Waals surface area (Å²) in [6.45, 7) is 2.26. The Bertz CT molecular complexity index is 688. The molecule has 2 aromatic carbocycles. The van der Waals surface area contributed by atoms with Crippen molar-refractivity contribution < 1.29 is 27.6 Å². The molecule has 0 radical (unpaired) electrons. The molecule has 1 unspecified atom stereocenters. The lowest BCUT2D eigenvalue weighted by Gasteiger charge is -2.21. The Morgan fingerprint density at radius 1 is 1.12 bits per heavy atom. The monoisotopic (exact) mass is 353 g/mol. The lowest BCUT2D eigenvalue weighted by atomic mass is 10.1. The summed E-state index contributed by atoms with van der Waals surface area (Å²) in [7, 11) is 1.91. The lowest BCUT2D eigenvalue weighted by molar-refractivity contribution is -0.902. The molecular formula is C18H20F3N2O2+. The fourth-order valence-electron chi connectivity index (χ4n) is 2.38. The largest absolute Gasteiger partial charge is 0.573 e. The van der Waals surface area contributed by atoms with E-state index in [9.17, 15) is 18.0 Å². The van der Waals surface area contributed by atoms with Gasteiger partial charge in [-0.3, -0.25) is 4.79 Å². The Morgan fingerprint density at radius 3 is 2.28 bits per heavy atom. The van der Waals surface area contributed by atoms with E-state index >= 15 is 0 Å². The molecule has 0 saturated carbocycles. The molecule has 2 atom stereocenters. The molecule has 1 amide bonds. The van der Waals surface area contributed by atoms with Gasteiger partial charge in [-0.15, -0.1) is 13.2 Å². The Balaban J connectivity index is 1.89. The summed E-state index contributed by atoms with van der Waals surface area (Å²) in [5.74, 6) is -0.546. The average Bonchev–Trinajstić information content (AvgIpc) is 2.55. The maximum absolute atomic E-state index is 12.1. The number of benzene rings is 2. The fraction of sp³-hybridized carbons (Fsp3) is 0.278. The SMILES string of the molecule is C[C@H](c1ccccc1)[NH+](C)CC(=O)Nc1ccc(OC(F)(F)F)cc1. The zero-order valence-electron chi connectivity index (χ0n) is 13.9. The first-order valence-electron chi connectivity index (χ1n) is 7.77. The van der Waals surface area contributed by atoms with Crippen molar-refractivity contribution in [3.05, 3.63) is 60.2 Å². The van der Waals surface area contributed by atoms with Crippen molar-refractivity contribution in [2.24, 2.45) is 0 Å². The highest BCUT2D eigenvalue weighted by atomic mass is 19.4. The van der Waals surface area contributed by atoms with Crippen molar-refractivity contribution >= 4 is 11.6 Å². The molecular weight excluding hydrogens is 333 g/mol. The minimum absolute atomic E-state index is 0.134. The van der Waals surface area contributed by atoms with Crippen molar-refractivity contribution in [2.75, 3.05) is 18.9 Å². The van der Waals surface area contributed by atoms with E-state index in [0.717, 1.165) is 22.6 Å². The highest BCUT2D eigenvalue weighted by molar-refractivity contribution is 5.91. The van der Waals surface area contributed by atoms with Gasteiger partial charge >= 0.3 is 6.36 Å². The van der Waals surface area contributed by atoms with Crippen LogP contribution in [0.25, 0.3) is 0 Å². The van der Waals surface area contributed by atoms with E-state index in [-0.39, 0.29) is 24.2 Å². The van der Waals surface area contributed by atoms with Crippen LogP contribution in [0.3, 0.4) is 0 Å². The molecule has 2 N–H and O–H groups in total. The first-order valence-corrected chi connectivity index (χ1v) is 7.77. The molecule has 0 bridgehead atoms. The van der Waals surface area contributed by atoms with E-state index in [4.69, 9.17) is 0 Å². The van der Waals surface area contributed by atoms with Crippen LogP contribution >= 0.6 is 0 Å². The fourth-order valence-corrected chi connectivity index (χ4v) is 2.38. The molecule has 25 heavy (non-hydrogen) atoms. The second-order valence-corrected chi connectivity index (χ2v) is 5.78. The van der Waals surface area contributed by atoms with Crippen molar-refractivity contribution in [3.63, 3.8) is 0 Å². The molecule has 0 spiro atoms. The van der Waals surface area contributed by atoms with Gasteiger partial charge in [0.2, 0.25) is 0 Å². The van der Waals surface area contributed by atoms with Gasteiger partial charge in [0, 0.05) is 11.3 Å². The van der Waals surface area contributed by atoms with Crippen molar-refractivity contribution in [1.29, 1.82) is 0 Å². The molecule has 0 aliphatic carbocycles. The molecule has 0 fully saturated rings. The Hall–Kier alpha value is -2.54. The number of hydrogen-bond donors (Lipinski definition) is 2. The average molecular weight is 353 g/mol.